The Morgan fingerprint density at radius 3 is 2.42 bits per heavy atom. The van der Waals surface area contributed by atoms with Crippen molar-refractivity contribution >= 4 is 5.97 Å². The minimum absolute atomic E-state index is 0. The van der Waals surface area contributed by atoms with Crippen LogP contribution in [0.1, 0.15) is 10.4 Å². The van der Waals surface area contributed by atoms with Crippen molar-refractivity contribution in [2.75, 3.05) is 7.11 Å². The molecular weight excluding hydrogens is 259 g/mol. The second-order valence-corrected chi connectivity index (χ2v) is 3.51. The molecule has 0 spiro atoms. The summed E-state index contributed by atoms with van der Waals surface area (Å²) in [5, 5.41) is 8.72. The summed E-state index contributed by atoms with van der Waals surface area (Å²) in [7, 11) is 1.55. The van der Waals surface area contributed by atoms with Gasteiger partial charge in [-0.3, -0.25) is 4.79 Å². The van der Waals surface area contributed by atoms with E-state index in [1.807, 2.05) is 0 Å². The number of hydrogen-bond acceptors (Lipinski definition) is 4. The smallest absolute Gasteiger partial charge is 0.497 e. The second kappa shape index (κ2) is 6.51. The molecule has 0 unspecified atom stereocenters. The van der Waals surface area contributed by atoms with E-state index in [1.54, 1.807) is 31.4 Å². The third-order valence-electron chi connectivity index (χ3n) is 2.39. The number of carboxylic acids is 1. The van der Waals surface area contributed by atoms with Crippen molar-refractivity contribution in [3.63, 3.8) is 0 Å². The zero-order valence-electron chi connectivity index (χ0n) is 10.5. The largest absolute Gasteiger partial charge is 1.00 e. The van der Waals surface area contributed by atoms with Crippen LogP contribution in [0.2, 0.25) is 0 Å². The molecule has 2 aromatic rings. The minimum atomic E-state index is -1.30. The number of methoxy groups -OCH3 is 1. The quantitative estimate of drug-likeness (QED) is 0.638. The second-order valence-electron chi connectivity index (χ2n) is 3.51. The third-order valence-corrected chi connectivity index (χ3v) is 2.39. The number of carbonyl (C=O) groups is 1. The molecule has 19 heavy (non-hydrogen) atoms. The van der Waals surface area contributed by atoms with Crippen LogP contribution in [-0.4, -0.2) is 28.2 Å². The van der Waals surface area contributed by atoms with E-state index >= 15 is 0 Å². The van der Waals surface area contributed by atoms with Crippen molar-refractivity contribution in [2.24, 2.45) is 0 Å². The molecule has 7 heteroatoms. The average molecular weight is 269 g/mol. The fourth-order valence-electron chi connectivity index (χ4n) is 1.44. The Morgan fingerprint density at radius 2 is 1.95 bits per heavy atom. The Morgan fingerprint density at radius 1 is 1.32 bits per heavy atom. The van der Waals surface area contributed by atoms with Crippen molar-refractivity contribution in [1.82, 2.24) is 9.97 Å². The predicted octanol–water partition coefficient (Wildman–Crippen LogP) is -1.85. The van der Waals surface area contributed by atoms with Crippen molar-refractivity contribution in [3.05, 3.63) is 46.4 Å². The van der Waals surface area contributed by atoms with Crippen molar-refractivity contribution in [3.8, 4) is 17.1 Å². The summed E-state index contributed by atoms with van der Waals surface area (Å²) in [6, 6.07) is 6.88. The first-order chi connectivity index (χ1) is 8.61. The Bertz CT molecular complexity index is 637. The number of aromatic amines is 1. The molecule has 6 nitrogen and oxygen atoms in total. The Hall–Kier alpha value is -1.63. The summed E-state index contributed by atoms with van der Waals surface area (Å²) in [5.41, 5.74) is -0.389. The molecule has 92 valence electrons. The molecule has 0 aliphatic rings. The number of aromatic nitrogens is 2. The van der Waals surface area contributed by atoms with E-state index in [-0.39, 0.29) is 35.1 Å². The normalized spacial score (nSPS) is 9.53. The molecule has 1 aromatic carbocycles. The van der Waals surface area contributed by atoms with Crippen LogP contribution in [0.15, 0.2) is 35.3 Å². The minimum Gasteiger partial charge on any atom is -0.497 e. The van der Waals surface area contributed by atoms with E-state index in [0.29, 0.717) is 17.1 Å². The summed E-state index contributed by atoms with van der Waals surface area (Å²) in [6.07, 6.45) is 1.04. The Balaban J connectivity index is 0.00000180. The molecule has 2 N–H and O–H groups in total. The van der Waals surface area contributed by atoms with Crippen molar-refractivity contribution in [2.45, 2.75) is 0 Å². The molecule has 0 bridgehead atoms. The first kappa shape index (κ1) is 15.4. The average Bonchev–Trinajstić information content (AvgIpc) is 2.38. The van der Waals surface area contributed by atoms with Crippen molar-refractivity contribution in [1.29, 1.82) is 0 Å². The molecule has 0 aliphatic carbocycles. The molecule has 0 fully saturated rings. The number of nitrogens with one attached hydrogen (secondary N) is 1. The van der Waals surface area contributed by atoms with Gasteiger partial charge in [-0.2, -0.15) is 0 Å². The first-order valence-corrected chi connectivity index (χ1v) is 5.09. The number of carboxylic acid groups (broad SMARTS) is 1. The molecule has 0 amide bonds. The maximum atomic E-state index is 11.5. The molecule has 0 radical (unpaired) electrons. The van der Waals surface area contributed by atoms with Crippen LogP contribution < -0.4 is 39.9 Å². The van der Waals surface area contributed by atoms with Gasteiger partial charge in [0.15, 0.2) is 0 Å². The summed E-state index contributed by atoms with van der Waals surface area (Å²) in [6.45, 7) is 0. The molecule has 0 saturated heterocycles. The Labute approximate surface area is 130 Å². The molecule has 1 heterocycles. The standard InChI is InChI=1S/C12H10N2O4.Na/c1-18-8-4-2-7(3-5-8)10-13-6-9(12(16)17)11(15)14-10;/h2-6H,1H3,(H,16,17)(H,13,14,15);/q;+1. The van der Waals surface area contributed by atoms with E-state index in [1.165, 1.54) is 0 Å². The van der Waals surface area contributed by atoms with E-state index < -0.39 is 11.5 Å². The van der Waals surface area contributed by atoms with E-state index in [9.17, 15) is 9.59 Å². The van der Waals surface area contributed by atoms with Gasteiger partial charge in [0.2, 0.25) is 0 Å². The first-order valence-electron chi connectivity index (χ1n) is 5.09. The molecule has 0 atom stereocenters. The van der Waals surface area contributed by atoms with Crippen LogP contribution in [0.3, 0.4) is 0 Å². The van der Waals surface area contributed by atoms with Crippen LogP contribution in [0.5, 0.6) is 5.75 Å². The zero-order chi connectivity index (χ0) is 13.1. The van der Waals surface area contributed by atoms with Crippen LogP contribution in [0, 0.1) is 0 Å². The number of rotatable bonds is 3. The predicted molar refractivity (Wildman–Crippen MR) is 63.8 cm³/mol. The van der Waals surface area contributed by atoms with E-state index in [4.69, 9.17) is 9.84 Å². The molecule has 0 aliphatic heterocycles. The van der Waals surface area contributed by atoms with Crippen LogP contribution in [-0.2, 0) is 0 Å². The number of H-pyrrole nitrogens is 1. The van der Waals surface area contributed by atoms with E-state index in [2.05, 4.69) is 9.97 Å². The molecule has 2 rings (SSSR count). The van der Waals surface area contributed by atoms with Gasteiger partial charge >= 0.3 is 35.5 Å². The number of hydrogen-bond donors (Lipinski definition) is 2. The molecule has 0 saturated carbocycles. The van der Waals surface area contributed by atoms with Gasteiger partial charge in [-0.15, -0.1) is 0 Å². The van der Waals surface area contributed by atoms with Gasteiger partial charge in [0.25, 0.3) is 5.56 Å². The van der Waals surface area contributed by atoms with Crippen LogP contribution in [0.4, 0.5) is 0 Å². The fourth-order valence-corrected chi connectivity index (χ4v) is 1.44. The maximum absolute atomic E-state index is 11.5. The third kappa shape index (κ3) is 3.44. The van der Waals surface area contributed by atoms with Gasteiger partial charge in [0.1, 0.15) is 17.1 Å². The molecule has 1 aromatic heterocycles. The summed E-state index contributed by atoms with van der Waals surface area (Å²) in [5.74, 6) is -0.305. The van der Waals surface area contributed by atoms with Gasteiger partial charge in [0, 0.05) is 11.8 Å². The topological polar surface area (TPSA) is 92.3 Å². The van der Waals surface area contributed by atoms with Gasteiger partial charge in [-0.05, 0) is 24.3 Å². The van der Waals surface area contributed by atoms with Crippen LogP contribution in [0.25, 0.3) is 11.4 Å². The van der Waals surface area contributed by atoms with E-state index in [0.717, 1.165) is 6.20 Å². The van der Waals surface area contributed by atoms with Gasteiger partial charge in [0.05, 0.1) is 7.11 Å². The number of benzene rings is 1. The van der Waals surface area contributed by atoms with Gasteiger partial charge in [-0.25, -0.2) is 9.78 Å². The number of nitrogens with zero attached hydrogens (tertiary/aromatic N) is 1. The monoisotopic (exact) mass is 269 g/mol. The Kier molecular flexibility index (Phi) is 5.29. The fraction of sp³-hybridized carbons (Fsp3) is 0.0833. The van der Waals surface area contributed by atoms with Crippen molar-refractivity contribution < 1.29 is 44.2 Å². The molecular formula is C12H10N2NaO4+. The van der Waals surface area contributed by atoms with Gasteiger partial charge in [-0.1, -0.05) is 0 Å². The van der Waals surface area contributed by atoms with Gasteiger partial charge < -0.3 is 14.8 Å². The zero-order valence-corrected chi connectivity index (χ0v) is 12.5. The summed E-state index contributed by atoms with van der Waals surface area (Å²) < 4.78 is 5.01. The SMILES string of the molecule is COc1ccc(-c2ncc(C(=O)O)c(=O)[nH]2)cc1.[Na+]. The number of aromatic carboxylic acids is 1. The maximum Gasteiger partial charge on any atom is 1.00 e. The number of ether oxygens (including phenoxy) is 1. The van der Waals surface area contributed by atoms with Crippen LogP contribution >= 0.6 is 0 Å². The summed E-state index contributed by atoms with van der Waals surface area (Å²) >= 11 is 0. The summed E-state index contributed by atoms with van der Waals surface area (Å²) in [4.78, 5) is 28.5.